The van der Waals surface area contributed by atoms with Crippen molar-refractivity contribution >= 4 is 17.7 Å². The molecule has 11 heteroatoms. The summed E-state index contributed by atoms with van der Waals surface area (Å²) >= 11 is 0. The Labute approximate surface area is 261 Å². The van der Waals surface area contributed by atoms with E-state index in [4.69, 9.17) is 18.9 Å². The molecule has 1 saturated heterocycles. The first-order valence-corrected chi connectivity index (χ1v) is 15.2. The number of ether oxygens (including phenoxy) is 4. The summed E-state index contributed by atoms with van der Waals surface area (Å²) in [6.07, 6.45) is 1.22. The zero-order chi connectivity index (χ0) is 31.8. The summed E-state index contributed by atoms with van der Waals surface area (Å²) < 4.78 is 38.0. The minimum atomic E-state index is -0.638. The van der Waals surface area contributed by atoms with Crippen molar-refractivity contribution in [3.05, 3.63) is 83.2 Å². The van der Waals surface area contributed by atoms with Gasteiger partial charge in [0, 0.05) is 38.5 Å². The van der Waals surface area contributed by atoms with Gasteiger partial charge in [-0.25, -0.2) is 4.39 Å². The van der Waals surface area contributed by atoms with Crippen molar-refractivity contribution < 1.29 is 37.7 Å². The molecule has 10 nitrogen and oxygen atoms in total. The molecule has 2 N–H and O–H groups in total. The second-order valence-electron chi connectivity index (χ2n) is 11.1. The van der Waals surface area contributed by atoms with Crippen LogP contribution in [0.5, 0.6) is 23.0 Å². The van der Waals surface area contributed by atoms with E-state index in [0.29, 0.717) is 54.4 Å². The molecule has 1 fully saturated rings. The van der Waals surface area contributed by atoms with Gasteiger partial charge in [-0.2, -0.15) is 0 Å². The first-order valence-electron chi connectivity index (χ1n) is 15.2. The number of hydrogen-bond acceptors (Lipinski definition) is 7. The molecule has 2 aliphatic rings. The molecule has 0 unspecified atom stereocenters. The number of carbonyl (C=O) groups is 3. The molecule has 3 amide bonds. The van der Waals surface area contributed by atoms with E-state index in [1.807, 2.05) is 19.1 Å². The van der Waals surface area contributed by atoms with Gasteiger partial charge in [0.25, 0.3) is 11.8 Å². The number of rotatable bonds is 5. The maximum atomic E-state index is 14.6. The number of para-hydroxylation sites is 1. The number of aryl methyl sites for hydroxylation is 1. The fourth-order valence-electron chi connectivity index (χ4n) is 5.44. The molecule has 45 heavy (non-hydrogen) atoms. The van der Waals surface area contributed by atoms with Crippen LogP contribution in [0.25, 0.3) is 0 Å². The Morgan fingerprint density at radius 1 is 1.02 bits per heavy atom. The highest BCUT2D eigenvalue weighted by Gasteiger charge is 2.35. The number of nitrogens with one attached hydrogen (secondary N) is 2. The highest BCUT2D eigenvalue weighted by Crippen LogP contribution is 2.29. The Bertz CT molecular complexity index is 1530. The average molecular weight is 620 g/mol. The summed E-state index contributed by atoms with van der Waals surface area (Å²) in [6.45, 7) is 2.76. The Kier molecular flexibility index (Phi) is 10.4. The number of likely N-dealkylation sites (tertiary alicyclic amines) is 1. The SMILES string of the molecule is CCCOc1ccccc1C(=O)N1CC[C@H]2Oc3cc(F)cc(c3)CNC(=O)CCc3ccc(OC)c(c3)OCC(=O)N[C@@H]2C1. The Hall–Kier alpha value is -4.80. The van der Waals surface area contributed by atoms with Gasteiger partial charge >= 0.3 is 0 Å². The minimum Gasteiger partial charge on any atom is -0.493 e. The fraction of sp³-hybridized carbons (Fsp3) is 0.382. The van der Waals surface area contributed by atoms with Crippen molar-refractivity contribution in [2.45, 2.75) is 51.3 Å². The smallest absolute Gasteiger partial charge is 0.258 e. The topological polar surface area (TPSA) is 115 Å². The van der Waals surface area contributed by atoms with Gasteiger partial charge in [0.1, 0.15) is 23.4 Å². The lowest BCUT2D eigenvalue weighted by molar-refractivity contribution is -0.125. The third-order valence-electron chi connectivity index (χ3n) is 7.70. The van der Waals surface area contributed by atoms with Gasteiger partial charge in [0.15, 0.2) is 18.1 Å². The predicted octanol–water partition coefficient (Wildman–Crippen LogP) is 4.04. The lowest BCUT2D eigenvalue weighted by atomic mass is 10.00. The largest absolute Gasteiger partial charge is 0.493 e. The summed E-state index contributed by atoms with van der Waals surface area (Å²) in [4.78, 5) is 41.2. The maximum Gasteiger partial charge on any atom is 0.258 e. The van der Waals surface area contributed by atoms with Crippen molar-refractivity contribution in [2.75, 3.05) is 33.4 Å². The highest BCUT2D eigenvalue weighted by atomic mass is 19.1. The first-order chi connectivity index (χ1) is 21.8. The molecule has 4 bridgehead atoms. The van der Waals surface area contributed by atoms with E-state index in [-0.39, 0.29) is 43.7 Å². The number of nitrogens with zero attached hydrogens (tertiary/aromatic N) is 1. The van der Waals surface area contributed by atoms with Crippen LogP contribution in [0.1, 0.15) is 47.7 Å². The Morgan fingerprint density at radius 2 is 1.87 bits per heavy atom. The summed E-state index contributed by atoms with van der Waals surface area (Å²) in [5, 5.41) is 5.81. The molecule has 2 heterocycles. The number of carbonyl (C=O) groups excluding carboxylic acids is 3. The number of methoxy groups -OCH3 is 1. The standard InChI is InChI=1S/C34H38FN3O7/c1-3-14-43-28-7-5-4-6-26(28)34(41)38-13-12-29-27(20-38)37-33(40)21-44-31-17-22(8-10-30(31)42-2)9-11-32(39)36-19-23-15-24(35)18-25(16-23)45-29/h4-8,10,15-18,27,29H,3,9,11-14,19-21H2,1-2H3,(H,36,39)(H,37,40)/t27-,29-/m1/s1. The number of amides is 3. The zero-order valence-corrected chi connectivity index (χ0v) is 25.5. The van der Waals surface area contributed by atoms with E-state index in [2.05, 4.69) is 10.6 Å². The molecular formula is C34H38FN3O7. The number of piperidine rings is 1. The van der Waals surface area contributed by atoms with Gasteiger partial charge in [-0.1, -0.05) is 25.1 Å². The van der Waals surface area contributed by atoms with Gasteiger partial charge < -0.3 is 34.5 Å². The van der Waals surface area contributed by atoms with Crippen LogP contribution >= 0.6 is 0 Å². The molecule has 0 radical (unpaired) electrons. The van der Waals surface area contributed by atoms with Crippen molar-refractivity contribution in [1.82, 2.24) is 15.5 Å². The number of fused-ring (bicyclic) bond motifs is 5. The Morgan fingerprint density at radius 3 is 2.69 bits per heavy atom. The van der Waals surface area contributed by atoms with Crippen LogP contribution in [0.4, 0.5) is 4.39 Å². The van der Waals surface area contributed by atoms with E-state index >= 15 is 0 Å². The second-order valence-corrected chi connectivity index (χ2v) is 11.1. The van der Waals surface area contributed by atoms with Crippen LogP contribution in [0.3, 0.4) is 0 Å². The van der Waals surface area contributed by atoms with Crippen molar-refractivity contribution in [2.24, 2.45) is 0 Å². The zero-order valence-electron chi connectivity index (χ0n) is 25.5. The molecule has 3 aromatic carbocycles. The second kappa shape index (κ2) is 14.8. The normalized spacial score (nSPS) is 19.0. The molecule has 238 valence electrons. The van der Waals surface area contributed by atoms with E-state index < -0.39 is 23.9 Å². The van der Waals surface area contributed by atoms with Crippen molar-refractivity contribution in [3.8, 4) is 23.0 Å². The molecule has 2 atom stereocenters. The highest BCUT2D eigenvalue weighted by molar-refractivity contribution is 5.97. The predicted molar refractivity (Wildman–Crippen MR) is 164 cm³/mol. The third kappa shape index (κ3) is 8.23. The van der Waals surface area contributed by atoms with E-state index in [1.54, 1.807) is 41.3 Å². The van der Waals surface area contributed by atoms with E-state index in [9.17, 15) is 18.8 Å². The Balaban J connectivity index is 1.41. The van der Waals surface area contributed by atoms with Crippen LogP contribution in [0.15, 0.2) is 60.7 Å². The number of benzene rings is 3. The summed E-state index contributed by atoms with van der Waals surface area (Å²) in [6, 6.07) is 16.0. The summed E-state index contributed by atoms with van der Waals surface area (Å²) in [5.41, 5.74) is 1.80. The average Bonchev–Trinajstić information content (AvgIpc) is 3.04. The van der Waals surface area contributed by atoms with Crippen LogP contribution in [0, 0.1) is 5.82 Å². The van der Waals surface area contributed by atoms with Crippen molar-refractivity contribution in [1.29, 1.82) is 0 Å². The molecule has 0 spiro atoms. The quantitative estimate of drug-likeness (QED) is 0.443. The summed E-state index contributed by atoms with van der Waals surface area (Å²) in [7, 11) is 1.51. The number of hydrogen-bond donors (Lipinski definition) is 2. The van der Waals surface area contributed by atoms with Crippen LogP contribution in [-0.2, 0) is 22.6 Å². The molecule has 0 aromatic heterocycles. The van der Waals surface area contributed by atoms with Gasteiger partial charge in [0.2, 0.25) is 5.91 Å². The van der Waals surface area contributed by atoms with Gasteiger partial charge in [-0.05, 0) is 60.4 Å². The van der Waals surface area contributed by atoms with Crippen LogP contribution in [0.2, 0.25) is 0 Å². The first kappa shape index (κ1) is 31.6. The molecule has 2 aliphatic heterocycles. The number of halogens is 1. The summed E-state index contributed by atoms with van der Waals surface area (Å²) in [5.74, 6) is 0.220. The third-order valence-corrected chi connectivity index (χ3v) is 7.70. The molecular weight excluding hydrogens is 581 g/mol. The fourth-order valence-corrected chi connectivity index (χ4v) is 5.44. The van der Waals surface area contributed by atoms with E-state index in [1.165, 1.54) is 19.2 Å². The lowest BCUT2D eigenvalue weighted by Crippen LogP contribution is -2.58. The lowest BCUT2D eigenvalue weighted by Gasteiger charge is -2.39. The van der Waals surface area contributed by atoms with Gasteiger partial charge in [0.05, 0.1) is 25.3 Å². The molecule has 3 aromatic rings. The molecule has 0 saturated carbocycles. The minimum absolute atomic E-state index is 0.122. The van der Waals surface area contributed by atoms with Crippen LogP contribution in [-0.4, -0.2) is 68.2 Å². The maximum absolute atomic E-state index is 14.6. The van der Waals surface area contributed by atoms with E-state index in [0.717, 1.165) is 12.0 Å². The molecule has 5 rings (SSSR count). The monoisotopic (exact) mass is 619 g/mol. The van der Waals surface area contributed by atoms with Crippen LogP contribution < -0.4 is 29.6 Å². The van der Waals surface area contributed by atoms with Gasteiger partial charge in [-0.3, -0.25) is 14.4 Å². The van der Waals surface area contributed by atoms with Gasteiger partial charge in [-0.15, -0.1) is 0 Å². The van der Waals surface area contributed by atoms with Crippen molar-refractivity contribution in [3.63, 3.8) is 0 Å². The molecule has 0 aliphatic carbocycles.